The van der Waals surface area contributed by atoms with Crippen LogP contribution in [-0.4, -0.2) is 22.6 Å². The molecule has 0 aliphatic rings. The first kappa shape index (κ1) is 14.6. The van der Waals surface area contributed by atoms with Crippen LogP contribution in [-0.2, 0) is 0 Å². The minimum Gasteiger partial charge on any atom is -0.395 e. The third-order valence-electron chi connectivity index (χ3n) is 2.63. The van der Waals surface area contributed by atoms with Crippen molar-refractivity contribution in [2.75, 3.05) is 11.9 Å². The molecule has 0 unspecified atom stereocenters. The van der Waals surface area contributed by atoms with Gasteiger partial charge in [0, 0.05) is 35.5 Å². The summed E-state index contributed by atoms with van der Waals surface area (Å²) >= 11 is 0. The molecule has 2 rings (SSSR count). The Balaban J connectivity index is 2.13. The van der Waals surface area contributed by atoms with Crippen LogP contribution in [0.25, 0.3) is 0 Å². The fourth-order valence-electron chi connectivity index (χ4n) is 1.68. The second-order valence-electron chi connectivity index (χ2n) is 4.25. The summed E-state index contributed by atoms with van der Waals surface area (Å²) in [5.41, 5.74) is 1.30. The summed E-state index contributed by atoms with van der Waals surface area (Å²) in [6.45, 7) is 0.0198. The van der Waals surface area contributed by atoms with Crippen LogP contribution < -0.4 is 10.9 Å². The number of aromatic nitrogens is 1. The predicted molar refractivity (Wildman–Crippen MR) is 80.0 cm³/mol. The summed E-state index contributed by atoms with van der Waals surface area (Å²) in [6.07, 6.45) is 1.83. The molecule has 0 saturated carbocycles. The molecule has 0 spiro atoms. The summed E-state index contributed by atoms with van der Waals surface area (Å²) in [7, 11) is 0. The summed E-state index contributed by atoms with van der Waals surface area (Å²) in [5.74, 6) is 5.35. The standard InChI is InChI=1S/C16H14N2O3/c19-9-2-1-4-12-5-3-6-14(10-12)18-16(21)13-7-8-17-15(20)11-13/h3,5-8,10-11,19H,2,9H2,(H,17,20)(H,18,21). The Hall–Kier alpha value is -2.84. The molecular weight excluding hydrogens is 268 g/mol. The van der Waals surface area contributed by atoms with E-state index >= 15 is 0 Å². The fraction of sp³-hybridized carbons (Fsp3) is 0.125. The summed E-state index contributed by atoms with van der Waals surface area (Å²) < 4.78 is 0. The lowest BCUT2D eigenvalue weighted by atomic mass is 10.2. The highest BCUT2D eigenvalue weighted by atomic mass is 16.2. The highest BCUT2D eigenvalue weighted by Crippen LogP contribution is 2.11. The number of pyridine rings is 1. The van der Waals surface area contributed by atoms with Crippen molar-refractivity contribution in [1.29, 1.82) is 0 Å². The van der Waals surface area contributed by atoms with Crippen LogP contribution in [0.2, 0.25) is 0 Å². The number of nitrogens with one attached hydrogen (secondary N) is 2. The predicted octanol–water partition coefficient (Wildman–Crippen LogP) is 1.36. The smallest absolute Gasteiger partial charge is 0.255 e. The van der Waals surface area contributed by atoms with Crippen LogP contribution in [0.1, 0.15) is 22.3 Å². The van der Waals surface area contributed by atoms with Crippen molar-refractivity contribution in [3.8, 4) is 11.8 Å². The van der Waals surface area contributed by atoms with Gasteiger partial charge in [0.25, 0.3) is 5.91 Å². The van der Waals surface area contributed by atoms with E-state index in [-0.39, 0.29) is 23.6 Å². The number of carbonyl (C=O) groups excluding carboxylic acids is 1. The monoisotopic (exact) mass is 282 g/mol. The molecule has 0 saturated heterocycles. The van der Waals surface area contributed by atoms with Gasteiger partial charge in [0.2, 0.25) is 5.56 Å². The van der Waals surface area contributed by atoms with Gasteiger partial charge in [-0.05, 0) is 24.3 Å². The molecule has 0 radical (unpaired) electrons. The number of hydrogen-bond donors (Lipinski definition) is 3. The fourth-order valence-corrected chi connectivity index (χ4v) is 1.68. The number of H-pyrrole nitrogens is 1. The third kappa shape index (κ3) is 4.34. The van der Waals surface area contributed by atoms with Crippen molar-refractivity contribution in [3.05, 3.63) is 64.1 Å². The summed E-state index contributed by atoms with van der Waals surface area (Å²) in [6, 6.07) is 9.82. The van der Waals surface area contributed by atoms with E-state index in [4.69, 9.17) is 5.11 Å². The maximum absolute atomic E-state index is 12.0. The molecule has 106 valence electrons. The van der Waals surface area contributed by atoms with E-state index in [2.05, 4.69) is 22.1 Å². The second-order valence-corrected chi connectivity index (χ2v) is 4.25. The first-order chi connectivity index (χ1) is 10.2. The average molecular weight is 282 g/mol. The molecule has 1 aromatic heterocycles. The quantitative estimate of drug-likeness (QED) is 0.743. The Morgan fingerprint density at radius 2 is 2.14 bits per heavy atom. The minimum absolute atomic E-state index is 0.0198. The molecule has 3 N–H and O–H groups in total. The van der Waals surface area contributed by atoms with Crippen molar-refractivity contribution in [3.63, 3.8) is 0 Å². The van der Waals surface area contributed by atoms with E-state index in [0.29, 0.717) is 12.1 Å². The molecule has 1 aromatic carbocycles. The van der Waals surface area contributed by atoms with Gasteiger partial charge in [-0.25, -0.2) is 0 Å². The van der Waals surface area contributed by atoms with Crippen LogP contribution >= 0.6 is 0 Å². The lowest BCUT2D eigenvalue weighted by Gasteiger charge is -2.05. The van der Waals surface area contributed by atoms with E-state index in [9.17, 15) is 9.59 Å². The molecule has 5 nitrogen and oxygen atoms in total. The van der Waals surface area contributed by atoms with Gasteiger partial charge in [-0.3, -0.25) is 9.59 Å². The zero-order chi connectivity index (χ0) is 15.1. The number of anilines is 1. The van der Waals surface area contributed by atoms with Crippen molar-refractivity contribution in [2.24, 2.45) is 0 Å². The van der Waals surface area contributed by atoms with Gasteiger partial charge in [-0.1, -0.05) is 17.9 Å². The third-order valence-corrected chi connectivity index (χ3v) is 2.63. The molecule has 0 bridgehead atoms. The number of aromatic amines is 1. The van der Waals surface area contributed by atoms with Crippen molar-refractivity contribution in [2.45, 2.75) is 6.42 Å². The topological polar surface area (TPSA) is 82.2 Å². The molecule has 1 heterocycles. The molecular formula is C16H14N2O3. The maximum atomic E-state index is 12.0. The van der Waals surface area contributed by atoms with Gasteiger partial charge in [0.1, 0.15) is 0 Å². The number of carbonyl (C=O) groups is 1. The molecule has 1 amide bonds. The molecule has 5 heteroatoms. The Labute approximate surface area is 121 Å². The average Bonchev–Trinajstić information content (AvgIpc) is 2.48. The molecule has 0 atom stereocenters. The lowest BCUT2D eigenvalue weighted by Crippen LogP contribution is -2.15. The Bertz CT molecular complexity index is 754. The maximum Gasteiger partial charge on any atom is 0.255 e. The first-order valence-corrected chi connectivity index (χ1v) is 6.39. The van der Waals surface area contributed by atoms with Crippen LogP contribution in [0.5, 0.6) is 0 Å². The zero-order valence-corrected chi connectivity index (χ0v) is 11.2. The second kappa shape index (κ2) is 7.08. The van der Waals surface area contributed by atoms with E-state index < -0.39 is 0 Å². The first-order valence-electron chi connectivity index (χ1n) is 6.39. The van der Waals surface area contributed by atoms with Gasteiger partial charge < -0.3 is 15.4 Å². The Morgan fingerprint density at radius 1 is 1.29 bits per heavy atom. The van der Waals surface area contributed by atoms with E-state index in [1.54, 1.807) is 18.2 Å². The van der Waals surface area contributed by atoms with Crippen LogP contribution in [0, 0.1) is 11.8 Å². The zero-order valence-electron chi connectivity index (χ0n) is 11.2. The Morgan fingerprint density at radius 3 is 2.90 bits per heavy atom. The number of rotatable bonds is 3. The number of aliphatic hydroxyl groups is 1. The molecule has 0 aliphatic heterocycles. The number of benzene rings is 1. The van der Waals surface area contributed by atoms with E-state index in [1.165, 1.54) is 18.3 Å². The molecule has 0 fully saturated rings. The largest absolute Gasteiger partial charge is 0.395 e. The molecule has 0 aliphatic carbocycles. The summed E-state index contributed by atoms with van der Waals surface area (Å²) in [5, 5.41) is 11.4. The van der Waals surface area contributed by atoms with Crippen LogP contribution in [0.15, 0.2) is 47.4 Å². The summed E-state index contributed by atoms with van der Waals surface area (Å²) in [4.78, 5) is 25.6. The minimum atomic E-state index is -0.360. The van der Waals surface area contributed by atoms with Gasteiger partial charge in [0.05, 0.1) is 6.61 Å². The van der Waals surface area contributed by atoms with Crippen molar-refractivity contribution < 1.29 is 9.90 Å². The van der Waals surface area contributed by atoms with Gasteiger partial charge >= 0.3 is 0 Å². The van der Waals surface area contributed by atoms with Crippen molar-refractivity contribution in [1.82, 2.24) is 4.98 Å². The molecule has 2 aromatic rings. The Kier molecular flexibility index (Phi) is 4.91. The van der Waals surface area contributed by atoms with E-state index in [1.807, 2.05) is 6.07 Å². The van der Waals surface area contributed by atoms with Crippen LogP contribution in [0.3, 0.4) is 0 Å². The van der Waals surface area contributed by atoms with Gasteiger partial charge in [-0.2, -0.15) is 0 Å². The van der Waals surface area contributed by atoms with Gasteiger partial charge in [0.15, 0.2) is 0 Å². The number of hydrogen-bond acceptors (Lipinski definition) is 3. The highest BCUT2D eigenvalue weighted by molar-refractivity contribution is 6.04. The highest BCUT2D eigenvalue weighted by Gasteiger charge is 2.06. The SMILES string of the molecule is O=C(Nc1cccc(C#CCCO)c1)c1cc[nH]c(=O)c1. The van der Waals surface area contributed by atoms with E-state index in [0.717, 1.165) is 5.56 Å². The number of amides is 1. The normalized spacial score (nSPS) is 9.57. The lowest BCUT2D eigenvalue weighted by molar-refractivity contribution is 0.102. The van der Waals surface area contributed by atoms with Crippen molar-refractivity contribution >= 4 is 11.6 Å². The van der Waals surface area contributed by atoms with Crippen LogP contribution in [0.4, 0.5) is 5.69 Å². The number of aliphatic hydroxyl groups excluding tert-OH is 1. The molecule has 21 heavy (non-hydrogen) atoms. The van der Waals surface area contributed by atoms with Gasteiger partial charge in [-0.15, -0.1) is 0 Å².